The second-order valence-electron chi connectivity index (χ2n) is 8.03. The molecule has 1 N–H and O–H groups in total. The van der Waals surface area contributed by atoms with Gasteiger partial charge in [-0.15, -0.1) is 0 Å². The lowest BCUT2D eigenvalue weighted by atomic mass is 10.1. The van der Waals surface area contributed by atoms with Gasteiger partial charge in [-0.1, -0.05) is 0 Å². The first-order chi connectivity index (χ1) is 17.3. The van der Waals surface area contributed by atoms with Crippen molar-refractivity contribution in [1.82, 2.24) is 24.2 Å². The van der Waals surface area contributed by atoms with Crippen molar-refractivity contribution >= 4 is 23.1 Å². The molecule has 0 aliphatic carbocycles. The van der Waals surface area contributed by atoms with E-state index in [1.54, 1.807) is 13.0 Å². The molecule has 0 bridgehead atoms. The van der Waals surface area contributed by atoms with Gasteiger partial charge in [-0.05, 0) is 38.0 Å². The first kappa shape index (κ1) is 28.2. The van der Waals surface area contributed by atoms with Crippen molar-refractivity contribution in [2.45, 2.75) is 32.1 Å². The Kier molecular flexibility index (Phi) is 9.02. The third kappa shape index (κ3) is 8.63. The number of aryl methyl sites for hydroxylation is 1. The maximum Gasteiger partial charge on any atom is 0.434 e. The zero-order chi connectivity index (χ0) is 27.2. The third-order valence-electron chi connectivity index (χ3n) is 4.88. The summed E-state index contributed by atoms with van der Waals surface area (Å²) in [6.07, 6.45) is -5.41. The number of amides is 1. The lowest BCUT2D eigenvalue weighted by molar-refractivity contribution is -0.143. The number of hydrogen-bond donors (Lipinski definition) is 1. The quantitative estimate of drug-likeness (QED) is 0.289. The standard InChI is InChI=1S/C22H22F6N6O2S/c1-13-19(16(37-33-13)8-15-10-30-17(11-29-15)22(26,27)28)20(35)32-14-4-5-18(31-9-14)36-7-3-6-34(2)12-21(23,24)25/h4-5,9-11H,3,6-8,12H2,1-2H3,(H,32,35). The Labute approximate surface area is 211 Å². The molecule has 3 rings (SSSR count). The van der Waals surface area contributed by atoms with Gasteiger partial charge in [0, 0.05) is 30.1 Å². The van der Waals surface area contributed by atoms with Gasteiger partial charge in [0.25, 0.3) is 5.91 Å². The molecule has 37 heavy (non-hydrogen) atoms. The van der Waals surface area contributed by atoms with Crippen LogP contribution >= 0.6 is 11.5 Å². The summed E-state index contributed by atoms with van der Waals surface area (Å²) >= 11 is 1.04. The molecule has 3 heterocycles. The molecule has 8 nitrogen and oxygen atoms in total. The van der Waals surface area contributed by atoms with Crippen LogP contribution in [-0.4, -0.2) is 63.1 Å². The second kappa shape index (κ2) is 11.8. The molecule has 0 saturated heterocycles. The Bertz CT molecular complexity index is 1180. The van der Waals surface area contributed by atoms with Crippen molar-refractivity contribution in [1.29, 1.82) is 0 Å². The fourth-order valence-corrected chi connectivity index (χ4v) is 4.10. The average molecular weight is 549 g/mol. The number of pyridine rings is 1. The van der Waals surface area contributed by atoms with Crippen LogP contribution in [0.1, 0.15) is 38.7 Å². The fourth-order valence-electron chi connectivity index (χ4n) is 3.21. The summed E-state index contributed by atoms with van der Waals surface area (Å²) in [6.45, 7) is 0.992. The minimum absolute atomic E-state index is 0.0720. The van der Waals surface area contributed by atoms with Gasteiger partial charge in [0.15, 0.2) is 5.69 Å². The van der Waals surface area contributed by atoms with Gasteiger partial charge in [0.2, 0.25) is 5.88 Å². The summed E-state index contributed by atoms with van der Waals surface area (Å²) < 4.78 is 84.7. The highest BCUT2D eigenvalue weighted by molar-refractivity contribution is 7.06. The van der Waals surface area contributed by atoms with Crippen molar-refractivity contribution in [3.05, 3.63) is 58.2 Å². The van der Waals surface area contributed by atoms with Gasteiger partial charge in [0.05, 0.1) is 48.2 Å². The number of rotatable bonds is 10. The molecule has 0 spiro atoms. The third-order valence-corrected chi connectivity index (χ3v) is 5.81. The van der Waals surface area contributed by atoms with E-state index in [0.717, 1.165) is 22.6 Å². The van der Waals surface area contributed by atoms with Crippen molar-refractivity contribution in [3.63, 3.8) is 0 Å². The molecule has 3 aromatic heterocycles. The van der Waals surface area contributed by atoms with Crippen LogP contribution in [0.2, 0.25) is 0 Å². The summed E-state index contributed by atoms with van der Waals surface area (Å²) in [5.74, 6) is -0.240. The molecule has 0 saturated carbocycles. The molecule has 0 aromatic carbocycles. The number of carbonyl (C=O) groups is 1. The molecule has 0 radical (unpaired) electrons. The number of aromatic nitrogens is 4. The van der Waals surface area contributed by atoms with Gasteiger partial charge in [0.1, 0.15) is 0 Å². The summed E-state index contributed by atoms with van der Waals surface area (Å²) in [4.78, 5) is 25.8. The first-order valence-electron chi connectivity index (χ1n) is 10.8. The Morgan fingerprint density at radius 2 is 1.84 bits per heavy atom. The zero-order valence-electron chi connectivity index (χ0n) is 19.7. The number of ether oxygens (including phenoxy) is 1. The lowest BCUT2D eigenvalue weighted by Gasteiger charge is -2.18. The molecule has 0 fully saturated rings. The average Bonchev–Trinajstić information content (AvgIpc) is 3.16. The molecule has 0 aliphatic rings. The van der Waals surface area contributed by atoms with Crippen LogP contribution in [0, 0.1) is 6.92 Å². The Hall–Kier alpha value is -3.33. The predicted octanol–water partition coefficient (Wildman–Crippen LogP) is 4.76. The van der Waals surface area contributed by atoms with Crippen LogP contribution in [0.4, 0.5) is 32.0 Å². The monoisotopic (exact) mass is 548 g/mol. The van der Waals surface area contributed by atoms with E-state index in [-0.39, 0.29) is 36.7 Å². The van der Waals surface area contributed by atoms with E-state index in [9.17, 15) is 31.1 Å². The Morgan fingerprint density at radius 3 is 2.43 bits per heavy atom. The van der Waals surface area contributed by atoms with E-state index in [1.807, 2.05) is 0 Å². The van der Waals surface area contributed by atoms with Crippen molar-refractivity contribution < 1.29 is 35.9 Å². The Balaban J connectivity index is 1.55. The molecule has 1 amide bonds. The highest BCUT2D eigenvalue weighted by Gasteiger charge is 2.33. The maximum absolute atomic E-state index is 12.9. The SMILES string of the molecule is Cc1nsc(Cc2cnc(C(F)(F)F)cn2)c1C(=O)Nc1ccc(OCCCN(C)CC(F)(F)F)nc1. The van der Waals surface area contributed by atoms with E-state index >= 15 is 0 Å². The smallest absolute Gasteiger partial charge is 0.434 e. The lowest BCUT2D eigenvalue weighted by Crippen LogP contribution is -2.32. The number of hydrogen-bond acceptors (Lipinski definition) is 8. The highest BCUT2D eigenvalue weighted by atomic mass is 32.1. The minimum Gasteiger partial charge on any atom is -0.478 e. The molecular weight excluding hydrogens is 526 g/mol. The number of halogens is 6. The highest BCUT2D eigenvalue weighted by Crippen LogP contribution is 2.27. The van der Waals surface area contributed by atoms with E-state index in [4.69, 9.17) is 4.74 Å². The number of carbonyl (C=O) groups excluding carboxylic acids is 1. The van der Waals surface area contributed by atoms with Crippen LogP contribution in [0.3, 0.4) is 0 Å². The van der Waals surface area contributed by atoms with Crippen molar-refractivity contribution in [2.24, 2.45) is 0 Å². The molecule has 200 valence electrons. The summed E-state index contributed by atoms with van der Waals surface area (Å²) in [7, 11) is 1.37. The van der Waals surface area contributed by atoms with Crippen LogP contribution in [0.15, 0.2) is 30.7 Å². The normalized spacial score (nSPS) is 12.1. The van der Waals surface area contributed by atoms with Crippen molar-refractivity contribution in [3.8, 4) is 5.88 Å². The molecule has 0 aliphatic heterocycles. The second-order valence-corrected chi connectivity index (χ2v) is 8.89. The van der Waals surface area contributed by atoms with Gasteiger partial charge < -0.3 is 10.1 Å². The van der Waals surface area contributed by atoms with Crippen LogP contribution in [0.25, 0.3) is 0 Å². The first-order valence-corrected chi connectivity index (χ1v) is 11.6. The van der Waals surface area contributed by atoms with Crippen LogP contribution in [-0.2, 0) is 12.6 Å². The van der Waals surface area contributed by atoms with Gasteiger partial charge in [-0.25, -0.2) is 9.97 Å². The number of anilines is 1. The van der Waals surface area contributed by atoms with E-state index in [1.165, 1.54) is 19.3 Å². The molecule has 15 heteroatoms. The zero-order valence-corrected chi connectivity index (χ0v) is 20.5. The molecular formula is C22H22F6N6O2S. The minimum atomic E-state index is -4.60. The Morgan fingerprint density at radius 1 is 1.08 bits per heavy atom. The van der Waals surface area contributed by atoms with Crippen LogP contribution in [0.5, 0.6) is 5.88 Å². The van der Waals surface area contributed by atoms with E-state index in [0.29, 0.717) is 28.9 Å². The summed E-state index contributed by atoms with van der Waals surface area (Å²) in [6, 6.07) is 3.05. The number of nitrogens with one attached hydrogen (secondary N) is 1. The molecule has 0 atom stereocenters. The molecule has 3 aromatic rings. The summed E-state index contributed by atoms with van der Waals surface area (Å²) in [5, 5.41) is 2.68. The predicted molar refractivity (Wildman–Crippen MR) is 123 cm³/mol. The molecule has 0 unspecified atom stereocenters. The number of nitrogens with zero attached hydrogens (tertiary/aromatic N) is 5. The number of alkyl halides is 6. The summed E-state index contributed by atoms with van der Waals surface area (Å²) in [5.41, 5.74) is 0.214. The van der Waals surface area contributed by atoms with E-state index in [2.05, 4.69) is 24.6 Å². The van der Waals surface area contributed by atoms with Gasteiger partial charge >= 0.3 is 12.4 Å². The van der Waals surface area contributed by atoms with Gasteiger partial charge in [-0.3, -0.25) is 14.7 Å². The van der Waals surface area contributed by atoms with Gasteiger partial charge in [-0.2, -0.15) is 30.7 Å². The van der Waals surface area contributed by atoms with E-state index < -0.39 is 30.5 Å². The van der Waals surface area contributed by atoms with Crippen LogP contribution < -0.4 is 10.1 Å². The van der Waals surface area contributed by atoms with Crippen molar-refractivity contribution in [2.75, 3.05) is 32.1 Å². The maximum atomic E-state index is 12.9. The largest absolute Gasteiger partial charge is 0.478 e. The fraction of sp³-hybridized carbons (Fsp3) is 0.409. The topological polar surface area (TPSA) is 93.1 Å².